The Morgan fingerprint density at radius 1 is 1.64 bits per heavy atom. The highest BCUT2D eigenvalue weighted by Gasteiger charge is 2.27. The Morgan fingerprint density at radius 3 is 2.36 bits per heavy atom. The van der Waals surface area contributed by atoms with Crippen molar-refractivity contribution in [3.05, 3.63) is 12.3 Å². The summed E-state index contributed by atoms with van der Waals surface area (Å²) >= 11 is 0. The zero-order chi connectivity index (χ0) is 8.59. The molecular formula is C7H11N3O. The van der Waals surface area contributed by atoms with Gasteiger partial charge in [-0.25, -0.2) is 4.79 Å². The fraction of sp³-hybridized carbons (Fsp3) is 0.429. The first-order valence-electron chi connectivity index (χ1n) is 3.40. The molecular weight excluding hydrogens is 142 g/mol. The standard InChI is InChI=1S/C7H11N3O/c1-4(2)10-5(3)6(8)9-7(10)11/h4H,3H2,1-2H3,(H2,8,9,11). The van der Waals surface area contributed by atoms with Crippen LogP contribution in [0.5, 0.6) is 0 Å². The van der Waals surface area contributed by atoms with E-state index < -0.39 is 0 Å². The van der Waals surface area contributed by atoms with Crippen LogP contribution in [0.2, 0.25) is 0 Å². The van der Waals surface area contributed by atoms with Crippen LogP contribution in [0.1, 0.15) is 13.8 Å². The van der Waals surface area contributed by atoms with E-state index in [0.29, 0.717) is 5.70 Å². The van der Waals surface area contributed by atoms with Crippen LogP contribution in [-0.2, 0) is 0 Å². The summed E-state index contributed by atoms with van der Waals surface area (Å²) in [6.07, 6.45) is 0. The van der Waals surface area contributed by atoms with Crippen LogP contribution in [0.3, 0.4) is 0 Å². The molecule has 0 bridgehead atoms. The van der Waals surface area contributed by atoms with Crippen LogP contribution in [-0.4, -0.2) is 22.8 Å². The molecule has 0 saturated carbocycles. The van der Waals surface area contributed by atoms with Gasteiger partial charge in [0.05, 0.1) is 5.70 Å². The fourth-order valence-electron chi connectivity index (χ4n) is 0.993. The van der Waals surface area contributed by atoms with Crippen molar-refractivity contribution in [1.29, 1.82) is 0 Å². The Kier molecular flexibility index (Phi) is 1.68. The van der Waals surface area contributed by atoms with Crippen molar-refractivity contribution in [2.45, 2.75) is 19.9 Å². The first-order chi connectivity index (χ1) is 5.04. The van der Waals surface area contributed by atoms with Gasteiger partial charge < -0.3 is 5.73 Å². The largest absolute Gasteiger partial charge is 0.382 e. The van der Waals surface area contributed by atoms with Crippen molar-refractivity contribution in [2.75, 3.05) is 0 Å². The summed E-state index contributed by atoms with van der Waals surface area (Å²) in [7, 11) is 0. The summed E-state index contributed by atoms with van der Waals surface area (Å²) < 4.78 is 0. The van der Waals surface area contributed by atoms with Crippen molar-refractivity contribution in [2.24, 2.45) is 10.7 Å². The van der Waals surface area contributed by atoms with E-state index in [4.69, 9.17) is 5.73 Å². The number of urea groups is 1. The quantitative estimate of drug-likeness (QED) is 0.602. The summed E-state index contributed by atoms with van der Waals surface area (Å²) in [6.45, 7) is 7.41. The third-order valence-corrected chi connectivity index (χ3v) is 1.53. The van der Waals surface area contributed by atoms with E-state index in [1.807, 2.05) is 13.8 Å². The van der Waals surface area contributed by atoms with Gasteiger partial charge in [0.15, 0.2) is 5.84 Å². The molecule has 1 heterocycles. The number of nitrogens with two attached hydrogens (primary N) is 1. The second kappa shape index (κ2) is 2.38. The highest BCUT2D eigenvalue weighted by molar-refractivity contribution is 6.10. The number of amides is 2. The number of hydrogen-bond donors (Lipinski definition) is 1. The van der Waals surface area contributed by atoms with E-state index in [2.05, 4.69) is 11.6 Å². The van der Waals surface area contributed by atoms with E-state index >= 15 is 0 Å². The molecule has 2 amide bonds. The first kappa shape index (κ1) is 7.78. The minimum atomic E-state index is -0.317. The van der Waals surface area contributed by atoms with E-state index in [0.717, 1.165) is 0 Å². The smallest absolute Gasteiger partial charge is 0.350 e. The highest BCUT2D eigenvalue weighted by atomic mass is 16.2. The Bertz CT molecular complexity index is 242. The number of carbonyl (C=O) groups excluding carboxylic acids is 1. The molecule has 0 aromatic heterocycles. The van der Waals surface area contributed by atoms with Gasteiger partial charge in [-0.1, -0.05) is 6.58 Å². The number of amidine groups is 1. The van der Waals surface area contributed by atoms with E-state index in [1.54, 1.807) is 0 Å². The first-order valence-corrected chi connectivity index (χ1v) is 3.40. The molecule has 4 nitrogen and oxygen atoms in total. The molecule has 0 spiro atoms. The molecule has 0 aromatic rings. The Balaban J connectivity index is 2.90. The molecule has 2 N–H and O–H groups in total. The molecule has 0 aromatic carbocycles. The Hall–Kier alpha value is -1.32. The lowest BCUT2D eigenvalue weighted by Gasteiger charge is -2.19. The zero-order valence-corrected chi connectivity index (χ0v) is 6.66. The molecule has 0 saturated heterocycles. The number of nitrogens with zero attached hydrogens (tertiary/aromatic N) is 2. The van der Waals surface area contributed by atoms with Crippen molar-refractivity contribution >= 4 is 11.9 Å². The van der Waals surface area contributed by atoms with Crippen LogP contribution < -0.4 is 5.73 Å². The third kappa shape index (κ3) is 1.11. The van der Waals surface area contributed by atoms with Gasteiger partial charge in [-0.3, -0.25) is 4.90 Å². The maximum atomic E-state index is 11.0. The van der Waals surface area contributed by atoms with E-state index in [9.17, 15) is 4.79 Å². The van der Waals surface area contributed by atoms with Crippen molar-refractivity contribution < 1.29 is 4.79 Å². The van der Waals surface area contributed by atoms with Crippen molar-refractivity contribution in [3.63, 3.8) is 0 Å². The second-order valence-electron chi connectivity index (χ2n) is 2.69. The second-order valence-corrected chi connectivity index (χ2v) is 2.69. The molecule has 1 aliphatic rings. The lowest BCUT2D eigenvalue weighted by atomic mass is 10.3. The van der Waals surface area contributed by atoms with Crippen molar-refractivity contribution in [1.82, 2.24) is 4.90 Å². The van der Waals surface area contributed by atoms with Gasteiger partial charge in [-0.2, -0.15) is 4.99 Å². The maximum absolute atomic E-state index is 11.0. The summed E-state index contributed by atoms with van der Waals surface area (Å²) in [5.41, 5.74) is 5.89. The number of aliphatic imine (C=N–C) groups is 1. The lowest BCUT2D eigenvalue weighted by molar-refractivity contribution is 0.217. The minimum absolute atomic E-state index is 0.0693. The molecule has 4 heteroatoms. The third-order valence-electron chi connectivity index (χ3n) is 1.53. The van der Waals surface area contributed by atoms with Gasteiger partial charge in [-0.15, -0.1) is 0 Å². The maximum Gasteiger partial charge on any atom is 0.350 e. The predicted octanol–water partition coefficient (Wildman–Crippen LogP) is 0.701. The normalized spacial score (nSPS) is 18.1. The molecule has 11 heavy (non-hydrogen) atoms. The SMILES string of the molecule is C=C1C(N)=NC(=O)N1C(C)C. The molecule has 0 fully saturated rings. The van der Waals surface area contributed by atoms with Crippen LogP contribution in [0.15, 0.2) is 17.3 Å². The van der Waals surface area contributed by atoms with Gasteiger partial charge >= 0.3 is 6.03 Å². The summed E-state index contributed by atoms with van der Waals surface area (Å²) in [5, 5.41) is 0. The molecule has 1 aliphatic heterocycles. The van der Waals surface area contributed by atoms with Gasteiger partial charge in [-0.05, 0) is 13.8 Å². The topological polar surface area (TPSA) is 58.7 Å². The summed E-state index contributed by atoms with van der Waals surface area (Å²) in [4.78, 5) is 16.1. The van der Waals surface area contributed by atoms with Gasteiger partial charge in [0.25, 0.3) is 0 Å². The summed E-state index contributed by atoms with van der Waals surface area (Å²) in [6, 6.07) is -0.248. The van der Waals surface area contributed by atoms with Gasteiger partial charge in [0.1, 0.15) is 0 Å². The average Bonchev–Trinajstić information content (AvgIpc) is 2.07. The zero-order valence-electron chi connectivity index (χ0n) is 6.66. The van der Waals surface area contributed by atoms with Gasteiger partial charge in [0.2, 0.25) is 0 Å². The summed E-state index contributed by atoms with van der Waals surface area (Å²) in [5.74, 6) is 0.226. The Labute approximate surface area is 65.4 Å². The van der Waals surface area contributed by atoms with Crippen LogP contribution in [0, 0.1) is 0 Å². The molecule has 1 rings (SSSR count). The monoisotopic (exact) mass is 153 g/mol. The number of carbonyl (C=O) groups is 1. The average molecular weight is 153 g/mol. The van der Waals surface area contributed by atoms with Crippen molar-refractivity contribution in [3.8, 4) is 0 Å². The molecule has 0 atom stereocenters. The van der Waals surface area contributed by atoms with Gasteiger partial charge in [0, 0.05) is 6.04 Å². The molecule has 60 valence electrons. The molecule has 0 aliphatic carbocycles. The number of rotatable bonds is 1. The highest BCUT2D eigenvalue weighted by Crippen LogP contribution is 2.15. The minimum Gasteiger partial charge on any atom is -0.382 e. The lowest BCUT2D eigenvalue weighted by Crippen LogP contribution is -2.32. The number of hydrogen-bond acceptors (Lipinski definition) is 2. The molecule has 0 unspecified atom stereocenters. The van der Waals surface area contributed by atoms with Crippen LogP contribution in [0.4, 0.5) is 4.79 Å². The van der Waals surface area contributed by atoms with Crippen LogP contribution in [0.25, 0.3) is 0 Å². The predicted molar refractivity (Wildman–Crippen MR) is 43.1 cm³/mol. The van der Waals surface area contributed by atoms with E-state index in [-0.39, 0.29) is 17.9 Å². The molecule has 0 radical (unpaired) electrons. The van der Waals surface area contributed by atoms with E-state index in [1.165, 1.54) is 4.90 Å². The fourth-order valence-corrected chi connectivity index (χ4v) is 0.993. The Morgan fingerprint density at radius 2 is 2.18 bits per heavy atom. The van der Waals surface area contributed by atoms with Crippen LogP contribution >= 0.6 is 0 Å².